The van der Waals surface area contributed by atoms with Crippen molar-refractivity contribution >= 4 is 27.5 Å². The summed E-state index contributed by atoms with van der Waals surface area (Å²) in [6.45, 7) is 4.43. The van der Waals surface area contributed by atoms with Crippen molar-refractivity contribution in [3.05, 3.63) is 33.0 Å². The summed E-state index contributed by atoms with van der Waals surface area (Å²) in [5, 5.41) is 11.0. The molecule has 0 bridgehead atoms. The van der Waals surface area contributed by atoms with E-state index in [4.69, 9.17) is 11.6 Å². The van der Waals surface area contributed by atoms with Crippen LogP contribution in [0.15, 0.2) is 16.6 Å². The molecule has 0 heterocycles. The van der Waals surface area contributed by atoms with E-state index in [0.717, 1.165) is 19.3 Å². The smallest absolute Gasteiger partial charge is 0.149 e. The number of benzene rings is 1. The minimum atomic E-state index is -1.09. The van der Waals surface area contributed by atoms with Gasteiger partial charge in [-0.2, -0.15) is 0 Å². The molecule has 0 amide bonds. The molecule has 0 aliphatic heterocycles. The minimum Gasteiger partial charge on any atom is -0.385 e. The molecule has 1 saturated carbocycles. The second kappa shape index (κ2) is 6.33. The van der Waals surface area contributed by atoms with Gasteiger partial charge in [-0.3, -0.25) is 0 Å². The first kappa shape index (κ1) is 16.3. The summed E-state index contributed by atoms with van der Waals surface area (Å²) in [7, 11) is 0. The highest BCUT2D eigenvalue weighted by Crippen LogP contribution is 2.42. The van der Waals surface area contributed by atoms with Gasteiger partial charge in [0.25, 0.3) is 0 Å². The first-order valence-corrected chi connectivity index (χ1v) is 8.38. The van der Waals surface area contributed by atoms with Crippen LogP contribution in [0.25, 0.3) is 0 Å². The van der Waals surface area contributed by atoms with E-state index < -0.39 is 11.4 Å². The van der Waals surface area contributed by atoms with Crippen molar-refractivity contribution in [3.63, 3.8) is 0 Å². The summed E-state index contributed by atoms with van der Waals surface area (Å²) in [6.07, 6.45) is 4.16. The molecule has 0 spiro atoms. The quantitative estimate of drug-likeness (QED) is 0.530. The SMILES string of the molecule is CC(C)C1CCCC(O)(c2ccc(Br)c(Cl)c2F)CC1. The normalized spacial score (nSPS) is 27.6. The lowest BCUT2D eigenvalue weighted by Crippen LogP contribution is -2.26. The zero-order valence-electron chi connectivity index (χ0n) is 11.9. The number of hydrogen-bond acceptors (Lipinski definition) is 1. The van der Waals surface area contributed by atoms with Crippen LogP contribution in [0.2, 0.25) is 5.02 Å². The Kier molecular flexibility index (Phi) is 5.14. The third-order valence-electron chi connectivity index (χ3n) is 4.57. The van der Waals surface area contributed by atoms with Crippen molar-refractivity contribution in [1.82, 2.24) is 0 Å². The Hall–Kier alpha value is -0.120. The van der Waals surface area contributed by atoms with E-state index in [2.05, 4.69) is 29.8 Å². The van der Waals surface area contributed by atoms with Crippen molar-refractivity contribution in [2.75, 3.05) is 0 Å². The Morgan fingerprint density at radius 3 is 2.70 bits per heavy atom. The standard InChI is InChI=1S/C16H21BrClFO/c1-10(2)11-4-3-8-16(20,9-7-11)12-5-6-13(17)14(18)15(12)19/h5-6,10-11,20H,3-4,7-9H2,1-2H3. The number of rotatable bonds is 2. The van der Waals surface area contributed by atoms with Gasteiger partial charge in [0.1, 0.15) is 5.82 Å². The van der Waals surface area contributed by atoms with Crippen molar-refractivity contribution in [3.8, 4) is 0 Å². The first-order chi connectivity index (χ1) is 9.35. The number of aliphatic hydroxyl groups is 1. The van der Waals surface area contributed by atoms with Gasteiger partial charge >= 0.3 is 0 Å². The molecule has 1 aliphatic rings. The molecule has 1 N–H and O–H groups in total. The van der Waals surface area contributed by atoms with Crippen LogP contribution >= 0.6 is 27.5 Å². The second-order valence-corrected chi connectivity index (χ2v) is 7.42. The average Bonchev–Trinajstić information content (AvgIpc) is 2.59. The summed E-state index contributed by atoms with van der Waals surface area (Å²) in [5.74, 6) is 0.722. The third-order valence-corrected chi connectivity index (χ3v) is 5.83. The highest BCUT2D eigenvalue weighted by Gasteiger charge is 2.36. The maximum Gasteiger partial charge on any atom is 0.149 e. The second-order valence-electron chi connectivity index (χ2n) is 6.19. The fourth-order valence-corrected chi connectivity index (χ4v) is 3.64. The average molecular weight is 364 g/mol. The molecular weight excluding hydrogens is 343 g/mol. The molecule has 2 unspecified atom stereocenters. The molecule has 112 valence electrons. The summed E-state index contributed by atoms with van der Waals surface area (Å²) in [5.41, 5.74) is -0.743. The van der Waals surface area contributed by atoms with Gasteiger partial charge in [0.05, 0.1) is 10.6 Å². The van der Waals surface area contributed by atoms with Gasteiger partial charge in [-0.15, -0.1) is 0 Å². The summed E-state index contributed by atoms with van der Waals surface area (Å²) >= 11 is 9.16. The fourth-order valence-electron chi connectivity index (χ4n) is 3.17. The minimum absolute atomic E-state index is 0.0561. The van der Waals surface area contributed by atoms with Crippen molar-refractivity contribution in [1.29, 1.82) is 0 Å². The molecule has 1 fully saturated rings. The molecule has 0 aromatic heterocycles. The summed E-state index contributed by atoms with van der Waals surface area (Å²) in [6, 6.07) is 3.37. The Morgan fingerprint density at radius 1 is 1.35 bits per heavy atom. The lowest BCUT2D eigenvalue weighted by atomic mass is 9.84. The van der Waals surface area contributed by atoms with E-state index in [1.165, 1.54) is 0 Å². The van der Waals surface area contributed by atoms with Crippen LogP contribution < -0.4 is 0 Å². The van der Waals surface area contributed by atoms with E-state index in [-0.39, 0.29) is 5.02 Å². The monoisotopic (exact) mass is 362 g/mol. The predicted octanol–water partition coefficient (Wildman–Crippen LogP) is 5.67. The highest BCUT2D eigenvalue weighted by atomic mass is 79.9. The zero-order valence-corrected chi connectivity index (χ0v) is 14.3. The Bertz CT molecular complexity index is 492. The van der Waals surface area contributed by atoms with Crippen LogP contribution in [0.1, 0.15) is 51.5 Å². The molecule has 1 aliphatic carbocycles. The molecule has 1 aromatic rings. The maximum absolute atomic E-state index is 14.4. The van der Waals surface area contributed by atoms with Gasteiger partial charge in [0.2, 0.25) is 0 Å². The zero-order chi connectivity index (χ0) is 14.9. The van der Waals surface area contributed by atoms with E-state index in [0.29, 0.717) is 34.7 Å². The molecule has 0 saturated heterocycles. The van der Waals surface area contributed by atoms with Crippen LogP contribution in [-0.4, -0.2) is 5.11 Å². The van der Waals surface area contributed by atoms with Crippen molar-refractivity contribution in [2.24, 2.45) is 11.8 Å². The number of hydrogen-bond donors (Lipinski definition) is 1. The van der Waals surface area contributed by atoms with Gasteiger partial charge in [-0.25, -0.2) is 4.39 Å². The molecule has 2 atom stereocenters. The van der Waals surface area contributed by atoms with Gasteiger partial charge in [-0.1, -0.05) is 37.9 Å². The Labute approximate surface area is 133 Å². The first-order valence-electron chi connectivity index (χ1n) is 7.21. The fraction of sp³-hybridized carbons (Fsp3) is 0.625. The number of halogens is 3. The van der Waals surface area contributed by atoms with Crippen LogP contribution in [0, 0.1) is 17.7 Å². The molecular formula is C16H21BrClFO. The topological polar surface area (TPSA) is 20.2 Å². The molecule has 4 heteroatoms. The summed E-state index contributed by atoms with van der Waals surface area (Å²) in [4.78, 5) is 0. The van der Waals surface area contributed by atoms with E-state index in [1.807, 2.05) is 0 Å². The van der Waals surface area contributed by atoms with E-state index in [1.54, 1.807) is 12.1 Å². The van der Waals surface area contributed by atoms with Crippen LogP contribution in [0.4, 0.5) is 4.39 Å². The van der Waals surface area contributed by atoms with E-state index in [9.17, 15) is 9.50 Å². The molecule has 20 heavy (non-hydrogen) atoms. The Balaban J connectivity index is 2.29. The summed E-state index contributed by atoms with van der Waals surface area (Å²) < 4.78 is 14.9. The van der Waals surface area contributed by atoms with Crippen molar-refractivity contribution in [2.45, 2.75) is 51.6 Å². The molecule has 1 nitrogen and oxygen atoms in total. The maximum atomic E-state index is 14.4. The van der Waals surface area contributed by atoms with Gasteiger partial charge in [-0.05, 0) is 59.5 Å². The van der Waals surface area contributed by atoms with Crippen LogP contribution in [-0.2, 0) is 5.60 Å². The molecule has 2 rings (SSSR count). The van der Waals surface area contributed by atoms with Gasteiger partial charge in [0, 0.05) is 10.0 Å². The van der Waals surface area contributed by atoms with Gasteiger partial charge in [0.15, 0.2) is 0 Å². The lowest BCUT2D eigenvalue weighted by molar-refractivity contribution is 0.0157. The highest BCUT2D eigenvalue weighted by molar-refractivity contribution is 9.10. The Morgan fingerprint density at radius 2 is 2.05 bits per heavy atom. The van der Waals surface area contributed by atoms with Crippen molar-refractivity contribution < 1.29 is 9.50 Å². The molecule has 0 radical (unpaired) electrons. The third kappa shape index (κ3) is 3.20. The van der Waals surface area contributed by atoms with Crippen LogP contribution in [0.3, 0.4) is 0 Å². The van der Waals surface area contributed by atoms with E-state index >= 15 is 0 Å². The largest absolute Gasteiger partial charge is 0.385 e. The predicted molar refractivity (Wildman–Crippen MR) is 84.4 cm³/mol. The van der Waals surface area contributed by atoms with Gasteiger partial charge < -0.3 is 5.11 Å². The molecule has 1 aromatic carbocycles. The lowest BCUT2D eigenvalue weighted by Gasteiger charge is -2.28. The van der Waals surface area contributed by atoms with Crippen LogP contribution in [0.5, 0.6) is 0 Å².